The first kappa shape index (κ1) is 14.6. The van der Waals surface area contributed by atoms with Crippen LogP contribution in [-0.2, 0) is 4.74 Å². The van der Waals surface area contributed by atoms with Gasteiger partial charge in [-0.3, -0.25) is 0 Å². The van der Waals surface area contributed by atoms with Crippen LogP contribution in [0.4, 0.5) is 0 Å². The van der Waals surface area contributed by atoms with E-state index in [4.69, 9.17) is 4.74 Å². The van der Waals surface area contributed by atoms with Crippen molar-refractivity contribution < 1.29 is 4.74 Å². The summed E-state index contributed by atoms with van der Waals surface area (Å²) in [6.07, 6.45) is 8.96. The van der Waals surface area contributed by atoms with Crippen LogP contribution in [0.3, 0.4) is 0 Å². The summed E-state index contributed by atoms with van der Waals surface area (Å²) in [4.78, 5) is 1.51. The fourth-order valence-corrected chi connectivity index (χ4v) is 4.88. The van der Waals surface area contributed by atoms with Crippen molar-refractivity contribution in [1.82, 2.24) is 5.32 Å². The molecule has 112 valence electrons. The van der Waals surface area contributed by atoms with E-state index in [0.717, 1.165) is 19.1 Å². The molecule has 1 aromatic rings. The van der Waals surface area contributed by atoms with E-state index in [1.165, 1.54) is 49.8 Å². The van der Waals surface area contributed by atoms with E-state index in [0.29, 0.717) is 6.04 Å². The minimum Gasteiger partial charge on any atom is -0.375 e. The monoisotopic (exact) mass is 293 g/mol. The van der Waals surface area contributed by atoms with Gasteiger partial charge >= 0.3 is 0 Å². The summed E-state index contributed by atoms with van der Waals surface area (Å²) in [5.74, 6) is 0.743. The summed E-state index contributed by atoms with van der Waals surface area (Å²) in [5.41, 5.74) is 0.228. The van der Waals surface area contributed by atoms with E-state index in [-0.39, 0.29) is 5.60 Å². The van der Waals surface area contributed by atoms with Gasteiger partial charge in [0.1, 0.15) is 0 Å². The van der Waals surface area contributed by atoms with E-state index in [2.05, 4.69) is 29.8 Å². The molecule has 0 bridgehead atoms. The van der Waals surface area contributed by atoms with Gasteiger partial charge in [-0.2, -0.15) is 0 Å². The van der Waals surface area contributed by atoms with Crippen molar-refractivity contribution >= 4 is 11.3 Å². The molecule has 3 heteroatoms. The highest BCUT2D eigenvalue weighted by Gasteiger charge is 2.42. The average Bonchev–Trinajstić information content (AvgIpc) is 3.12. The first-order valence-corrected chi connectivity index (χ1v) is 9.12. The molecule has 1 saturated heterocycles. The molecule has 2 heterocycles. The zero-order chi connectivity index (χ0) is 13.8. The Morgan fingerprint density at radius 1 is 1.45 bits per heavy atom. The van der Waals surface area contributed by atoms with Crippen LogP contribution < -0.4 is 5.32 Å². The zero-order valence-corrected chi connectivity index (χ0v) is 13.4. The molecule has 20 heavy (non-hydrogen) atoms. The molecule has 2 fully saturated rings. The van der Waals surface area contributed by atoms with Crippen molar-refractivity contribution in [1.29, 1.82) is 0 Å². The Labute approximate surface area is 126 Å². The molecule has 1 N–H and O–H groups in total. The molecule has 0 amide bonds. The Balaban J connectivity index is 1.72. The molecule has 1 aliphatic heterocycles. The van der Waals surface area contributed by atoms with Crippen LogP contribution in [0.25, 0.3) is 0 Å². The first-order chi connectivity index (χ1) is 9.83. The highest BCUT2D eigenvalue weighted by atomic mass is 32.1. The summed E-state index contributed by atoms with van der Waals surface area (Å²) < 4.78 is 6.20. The standard InChI is InChI=1S/C17H27NOS/c1-2-10-18-16(15-6-5-12-20-15)14-7-11-19-17(13-14)8-3-4-9-17/h5-6,12,14,16,18H,2-4,7-11,13H2,1H3. The van der Waals surface area contributed by atoms with Crippen LogP contribution >= 0.6 is 11.3 Å². The second kappa shape index (κ2) is 6.59. The lowest BCUT2D eigenvalue weighted by atomic mass is 9.80. The predicted octanol–water partition coefficient (Wildman–Crippen LogP) is 4.53. The lowest BCUT2D eigenvalue weighted by Crippen LogP contribution is -2.42. The minimum atomic E-state index is 0.228. The molecule has 3 rings (SSSR count). The fourth-order valence-electron chi connectivity index (χ4n) is 3.99. The van der Waals surface area contributed by atoms with Gasteiger partial charge in [0, 0.05) is 17.5 Å². The van der Waals surface area contributed by atoms with Gasteiger partial charge in [-0.05, 0) is 56.0 Å². The van der Waals surface area contributed by atoms with Gasteiger partial charge < -0.3 is 10.1 Å². The summed E-state index contributed by atoms with van der Waals surface area (Å²) >= 11 is 1.90. The van der Waals surface area contributed by atoms with Crippen LogP contribution in [0.15, 0.2) is 17.5 Å². The second-order valence-corrected chi connectivity index (χ2v) is 7.42. The zero-order valence-electron chi connectivity index (χ0n) is 12.6. The van der Waals surface area contributed by atoms with Crippen LogP contribution in [0, 0.1) is 5.92 Å². The molecule has 0 radical (unpaired) electrons. The van der Waals surface area contributed by atoms with Gasteiger partial charge in [0.25, 0.3) is 0 Å². The molecular formula is C17H27NOS. The Morgan fingerprint density at radius 2 is 2.30 bits per heavy atom. The van der Waals surface area contributed by atoms with Crippen LogP contribution in [0.1, 0.15) is 62.8 Å². The number of hydrogen-bond donors (Lipinski definition) is 1. The Kier molecular flexibility index (Phi) is 4.79. The maximum absolute atomic E-state index is 6.20. The van der Waals surface area contributed by atoms with Gasteiger partial charge in [0.2, 0.25) is 0 Å². The van der Waals surface area contributed by atoms with Crippen LogP contribution in [0.2, 0.25) is 0 Å². The van der Waals surface area contributed by atoms with Crippen LogP contribution in [0.5, 0.6) is 0 Å². The molecule has 2 atom stereocenters. The lowest BCUT2D eigenvalue weighted by molar-refractivity contribution is -0.0980. The summed E-state index contributed by atoms with van der Waals surface area (Å²) in [6, 6.07) is 5.02. The van der Waals surface area contributed by atoms with E-state index in [9.17, 15) is 0 Å². The molecule has 1 spiro atoms. The minimum absolute atomic E-state index is 0.228. The number of hydrogen-bond acceptors (Lipinski definition) is 3. The highest BCUT2D eigenvalue weighted by molar-refractivity contribution is 7.10. The van der Waals surface area contributed by atoms with Crippen molar-refractivity contribution in [2.75, 3.05) is 13.2 Å². The van der Waals surface area contributed by atoms with Gasteiger partial charge in [0.05, 0.1) is 5.60 Å². The SMILES string of the molecule is CCCNC(c1cccs1)C1CCOC2(CCCC2)C1. The summed E-state index contributed by atoms with van der Waals surface area (Å²) in [7, 11) is 0. The fraction of sp³-hybridized carbons (Fsp3) is 0.765. The van der Waals surface area contributed by atoms with Crippen molar-refractivity contribution in [3.8, 4) is 0 Å². The number of thiophene rings is 1. The third-order valence-electron chi connectivity index (χ3n) is 4.98. The first-order valence-electron chi connectivity index (χ1n) is 8.24. The van der Waals surface area contributed by atoms with E-state index >= 15 is 0 Å². The molecule has 1 saturated carbocycles. The number of ether oxygens (including phenoxy) is 1. The van der Waals surface area contributed by atoms with Gasteiger partial charge in [-0.1, -0.05) is 25.8 Å². The average molecular weight is 293 g/mol. The largest absolute Gasteiger partial charge is 0.375 e. The van der Waals surface area contributed by atoms with Crippen molar-refractivity contribution in [2.45, 2.75) is 63.5 Å². The molecular weight excluding hydrogens is 266 g/mol. The number of nitrogens with one attached hydrogen (secondary N) is 1. The highest BCUT2D eigenvalue weighted by Crippen LogP contribution is 2.45. The van der Waals surface area contributed by atoms with Crippen molar-refractivity contribution in [2.24, 2.45) is 5.92 Å². The normalized spacial score (nSPS) is 26.9. The maximum Gasteiger partial charge on any atom is 0.0686 e. The summed E-state index contributed by atoms with van der Waals surface area (Å²) in [6.45, 7) is 4.33. The van der Waals surface area contributed by atoms with E-state index < -0.39 is 0 Å². The molecule has 1 aromatic heterocycles. The molecule has 2 aliphatic rings. The van der Waals surface area contributed by atoms with E-state index in [1.54, 1.807) is 0 Å². The third-order valence-corrected chi connectivity index (χ3v) is 5.94. The quantitative estimate of drug-likeness (QED) is 0.861. The lowest BCUT2D eigenvalue weighted by Gasteiger charge is -2.41. The van der Waals surface area contributed by atoms with Gasteiger partial charge in [0.15, 0.2) is 0 Å². The maximum atomic E-state index is 6.20. The smallest absolute Gasteiger partial charge is 0.0686 e. The van der Waals surface area contributed by atoms with E-state index in [1.807, 2.05) is 11.3 Å². The summed E-state index contributed by atoms with van der Waals surface area (Å²) in [5, 5.41) is 6.01. The molecule has 0 aromatic carbocycles. The van der Waals surface area contributed by atoms with Crippen molar-refractivity contribution in [3.63, 3.8) is 0 Å². The molecule has 1 aliphatic carbocycles. The Morgan fingerprint density at radius 3 is 3.00 bits per heavy atom. The number of rotatable bonds is 5. The molecule has 2 nitrogen and oxygen atoms in total. The van der Waals surface area contributed by atoms with Gasteiger partial charge in [-0.25, -0.2) is 0 Å². The predicted molar refractivity (Wildman–Crippen MR) is 85.2 cm³/mol. The van der Waals surface area contributed by atoms with Gasteiger partial charge in [-0.15, -0.1) is 11.3 Å². The van der Waals surface area contributed by atoms with Crippen LogP contribution in [-0.4, -0.2) is 18.8 Å². The molecule has 2 unspecified atom stereocenters. The second-order valence-electron chi connectivity index (χ2n) is 6.44. The Hall–Kier alpha value is -0.380. The Bertz CT molecular complexity index is 397. The van der Waals surface area contributed by atoms with Crippen molar-refractivity contribution in [3.05, 3.63) is 22.4 Å². The third kappa shape index (κ3) is 3.10. The topological polar surface area (TPSA) is 21.3 Å².